The summed E-state index contributed by atoms with van der Waals surface area (Å²) in [5, 5.41) is 26.7. The van der Waals surface area contributed by atoms with E-state index in [-0.39, 0.29) is 5.56 Å². The van der Waals surface area contributed by atoms with Crippen molar-refractivity contribution in [3.05, 3.63) is 85.9 Å². The minimum atomic E-state index is -0.783. The van der Waals surface area contributed by atoms with Crippen molar-refractivity contribution >= 4 is 40.1 Å². The topological polar surface area (TPSA) is 133 Å². The van der Waals surface area contributed by atoms with Gasteiger partial charge in [0.05, 0.1) is 26.4 Å². The number of hydrogen-bond donors (Lipinski definition) is 1. The average Bonchev–Trinajstić information content (AvgIpc) is 3.36. The first-order valence-electron chi connectivity index (χ1n) is 8.20. The van der Waals surface area contributed by atoms with Crippen LogP contribution in [-0.4, -0.2) is 25.1 Å². The van der Waals surface area contributed by atoms with Crippen LogP contribution < -0.4 is 5.32 Å². The van der Waals surface area contributed by atoms with Crippen molar-refractivity contribution in [2.75, 3.05) is 5.32 Å². The van der Waals surface area contributed by atoms with Crippen molar-refractivity contribution in [1.82, 2.24) is 9.38 Å². The Labute approximate surface area is 166 Å². The number of fused-ring (bicyclic) bond motifs is 1. The monoisotopic (exact) mass is 409 g/mol. The normalized spacial score (nSPS) is 10.8. The number of carbonyl (C=O) groups is 1. The Morgan fingerprint density at radius 2 is 1.76 bits per heavy atom. The first kappa shape index (κ1) is 18.3. The van der Waals surface area contributed by atoms with E-state index in [2.05, 4.69) is 10.3 Å². The van der Waals surface area contributed by atoms with Crippen molar-refractivity contribution in [2.24, 2.45) is 0 Å². The van der Waals surface area contributed by atoms with Crippen molar-refractivity contribution < 1.29 is 14.6 Å². The number of nitro groups is 2. The number of thiophene rings is 1. The van der Waals surface area contributed by atoms with Crippen LogP contribution in [0.1, 0.15) is 10.4 Å². The molecule has 3 heterocycles. The number of pyridine rings is 1. The number of imidazole rings is 1. The minimum Gasteiger partial charge on any atom is -0.306 e. The van der Waals surface area contributed by atoms with Crippen LogP contribution >= 0.6 is 11.3 Å². The van der Waals surface area contributed by atoms with Crippen LogP contribution in [0.5, 0.6) is 0 Å². The number of aromatic nitrogens is 2. The zero-order valence-corrected chi connectivity index (χ0v) is 15.3. The third-order valence-corrected chi connectivity index (χ3v) is 4.98. The van der Waals surface area contributed by atoms with Crippen LogP contribution in [-0.2, 0) is 0 Å². The van der Waals surface area contributed by atoms with Crippen molar-refractivity contribution in [3.8, 4) is 10.6 Å². The molecule has 29 heavy (non-hydrogen) atoms. The Hall–Kier alpha value is -4.12. The molecule has 11 heteroatoms. The lowest BCUT2D eigenvalue weighted by Gasteiger charge is -2.07. The number of nitrogens with one attached hydrogen (secondary N) is 1. The molecule has 0 unspecified atom stereocenters. The third-order valence-electron chi connectivity index (χ3n) is 4.10. The van der Waals surface area contributed by atoms with Gasteiger partial charge < -0.3 is 5.32 Å². The lowest BCUT2D eigenvalue weighted by Crippen LogP contribution is -2.14. The van der Waals surface area contributed by atoms with Gasteiger partial charge in [-0.25, -0.2) is 4.98 Å². The van der Waals surface area contributed by atoms with Gasteiger partial charge in [-0.05, 0) is 23.6 Å². The van der Waals surface area contributed by atoms with Crippen molar-refractivity contribution in [2.45, 2.75) is 0 Å². The number of hydrogen-bond acceptors (Lipinski definition) is 7. The van der Waals surface area contributed by atoms with Crippen molar-refractivity contribution in [1.29, 1.82) is 0 Å². The molecule has 0 radical (unpaired) electrons. The first-order chi connectivity index (χ1) is 13.9. The highest BCUT2D eigenvalue weighted by molar-refractivity contribution is 7.13. The van der Waals surface area contributed by atoms with Crippen LogP contribution in [0.2, 0.25) is 0 Å². The number of benzene rings is 1. The maximum atomic E-state index is 12.8. The Morgan fingerprint density at radius 1 is 1.03 bits per heavy atom. The third kappa shape index (κ3) is 3.41. The number of rotatable bonds is 5. The highest BCUT2D eigenvalue weighted by Gasteiger charge is 2.22. The second-order valence-corrected chi connectivity index (χ2v) is 6.87. The molecule has 4 aromatic rings. The second-order valence-electron chi connectivity index (χ2n) is 5.92. The fourth-order valence-corrected chi connectivity index (χ4v) is 3.53. The molecule has 0 saturated heterocycles. The number of amides is 1. The maximum Gasteiger partial charge on any atom is 0.277 e. The van der Waals surface area contributed by atoms with Gasteiger partial charge in [-0.1, -0.05) is 12.1 Å². The quantitative estimate of drug-likeness (QED) is 0.389. The van der Waals surface area contributed by atoms with E-state index in [4.69, 9.17) is 0 Å². The molecule has 0 spiro atoms. The van der Waals surface area contributed by atoms with E-state index in [1.807, 2.05) is 17.5 Å². The fraction of sp³-hybridized carbons (Fsp3) is 0. The molecular formula is C18H11N5O5S. The summed E-state index contributed by atoms with van der Waals surface area (Å²) >= 11 is 1.44. The molecule has 4 rings (SSSR count). The van der Waals surface area contributed by atoms with E-state index in [1.165, 1.54) is 11.3 Å². The largest absolute Gasteiger partial charge is 0.306 e. The molecule has 0 saturated carbocycles. The number of anilines is 1. The second kappa shape index (κ2) is 7.13. The van der Waals surface area contributed by atoms with Crippen LogP contribution in [0.4, 0.5) is 17.2 Å². The summed E-state index contributed by atoms with van der Waals surface area (Å²) in [7, 11) is 0. The summed E-state index contributed by atoms with van der Waals surface area (Å²) in [6, 6.07) is 11.8. The summed E-state index contributed by atoms with van der Waals surface area (Å²) in [5.41, 5.74) is -0.161. The fourth-order valence-electron chi connectivity index (χ4n) is 2.82. The van der Waals surface area contributed by atoms with Gasteiger partial charge in [-0.15, -0.1) is 11.3 Å². The van der Waals surface area contributed by atoms with Gasteiger partial charge in [0.1, 0.15) is 17.2 Å². The maximum absolute atomic E-state index is 12.8. The Balaban J connectivity index is 1.80. The molecule has 0 bridgehead atoms. The van der Waals surface area contributed by atoms with E-state index in [9.17, 15) is 25.0 Å². The molecule has 0 aliphatic rings. The molecular weight excluding hydrogens is 398 g/mol. The van der Waals surface area contributed by atoms with Crippen LogP contribution in [0.25, 0.3) is 16.2 Å². The summed E-state index contributed by atoms with van der Waals surface area (Å²) < 4.78 is 1.67. The Morgan fingerprint density at radius 3 is 2.38 bits per heavy atom. The molecule has 0 aliphatic heterocycles. The molecule has 0 fully saturated rings. The molecule has 1 aromatic carbocycles. The highest BCUT2D eigenvalue weighted by atomic mass is 32.1. The van der Waals surface area contributed by atoms with Gasteiger partial charge in [-0.3, -0.25) is 29.4 Å². The lowest BCUT2D eigenvalue weighted by molar-refractivity contribution is -0.394. The van der Waals surface area contributed by atoms with Gasteiger partial charge >= 0.3 is 0 Å². The number of nitro benzene ring substituents is 2. The SMILES string of the molecule is O=C(Nc1c(-c2cccs2)nc2ccccn12)c1cc([N+](=O)[O-])cc([N+](=O)[O-])c1. The molecule has 1 amide bonds. The zero-order chi connectivity index (χ0) is 20.5. The Bertz CT molecular complexity index is 1230. The van der Waals surface area contributed by atoms with E-state index in [0.717, 1.165) is 23.1 Å². The smallest absolute Gasteiger partial charge is 0.277 e. The minimum absolute atomic E-state index is 0.200. The van der Waals surface area contributed by atoms with Gasteiger partial charge in [0.25, 0.3) is 17.3 Å². The predicted octanol–water partition coefficient (Wildman–Crippen LogP) is 4.13. The van der Waals surface area contributed by atoms with Gasteiger partial charge in [0.2, 0.25) is 0 Å². The lowest BCUT2D eigenvalue weighted by atomic mass is 10.1. The summed E-state index contributed by atoms with van der Waals surface area (Å²) in [5.74, 6) is -0.359. The van der Waals surface area contributed by atoms with E-state index in [0.29, 0.717) is 17.2 Å². The summed E-state index contributed by atoms with van der Waals surface area (Å²) in [6.45, 7) is 0. The predicted molar refractivity (Wildman–Crippen MR) is 106 cm³/mol. The average molecular weight is 409 g/mol. The summed E-state index contributed by atoms with van der Waals surface area (Å²) in [4.78, 5) is 38.8. The molecule has 0 aliphatic carbocycles. The van der Waals surface area contributed by atoms with Crippen molar-refractivity contribution in [3.63, 3.8) is 0 Å². The molecule has 10 nitrogen and oxygen atoms in total. The summed E-state index contributed by atoms with van der Waals surface area (Å²) in [6.07, 6.45) is 1.71. The van der Waals surface area contributed by atoms with Gasteiger partial charge in [0, 0.05) is 18.3 Å². The molecule has 3 aromatic heterocycles. The Kier molecular flexibility index (Phi) is 4.49. The molecule has 144 valence electrons. The van der Waals surface area contributed by atoms with Gasteiger partial charge in [0.15, 0.2) is 0 Å². The zero-order valence-electron chi connectivity index (χ0n) is 14.5. The van der Waals surface area contributed by atoms with Gasteiger partial charge in [-0.2, -0.15) is 0 Å². The van der Waals surface area contributed by atoms with E-state index < -0.39 is 27.1 Å². The first-order valence-corrected chi connectivity index (χ1v) is 9.08. The number of nitrogens with zero attached hydrogens (tertiary/aromatic N) is 4. The van der Waals surface area contributed by atoms with Crippen LogP contribution in [0, 0.1) is 20.2 Å². The van der Waals surface area contributed by atoms with E-state index in [1.54, 1.807) is 28.8 Å². The highest BCUT2D eigenvalue weighted by Crippen LogP contribution is 2.32. The van der Waals surface area contributed by atoms with E-state index >= 15 is 0 Å². The molecule has 0 atom stereocenters. The van der Waals surface area contributed by atoms with Crippen LogP contribution in [0.15, 0.2) is 60.1 Å². The molecule has 1 N–H and O–H groups in total. The standard InChI is InChI=1S/C18H11N5O5S/c24-18(11-8-12(22(25)26)10-13(9-11)23(27)28)20-17-16(14-4-3-7-29-14)19-15-5-1-2-6-21(15)17/h1-10H,(H,20,24). The number of non-ortho nitro benzene ring substituents is 2. The number of carbonyl (C=O) groups excluding carboxylic acids is 1. The van der Waals surface area contributed by atoms with Crippen LogP contribution in [0.3, 0.4) is 0 Å².